The lowest BCUT2D eigenvalue weighted by Crippen LogP contribution is -2.57. The molecular weight excluding hydrogens is 242 g/mol. The Kier molecular flexibility index (Phi) is 3.73. The van der Waals surface area contributed by atoms with Crippen LogP contribution in [0.3, 0.4) is 0 Å². The van der Waals surface area contributed by atoms with Crippen LogP contribution < -0.4 is 5.32 Å². The maximum absolute atomic E-state index is 11.7. The normalized spacial score (nSPS) is 34.4. The molecule has 2 fully saturated rings. The largest absolute Gasteiger partial charge is 0.480 e. The Morgan fingerprint density at radius 1 is 1.12 bits per heavy atom. The Morgan fingerprint density at radius 2 is 1.76 bits per heavy atom. The van der Waals surface area contributed by atoms with E-state index in [1.165, 1.54) is 6.42 Å². The van der Waals surface area contributed by atoms with Crippen LogP contribution in [0.15, 0.2) is 0 Å². The number of aliphatic carboxylic acids is 1. The molecule has 0 bridgehead atoms. The highest BCUT2D eigenvalue weighted by molar-refractivity contribution is 7.91. The number of sulfone groups is 1. The molecule has 17 heavy (non-hydrogen) atoms. The summed E-state index contributed by atoms with van der Waals surface area (Å²) >= 11 is 0. The van der Waals surface area contributed by atoms with Gasteiger partial charge in [-0.05, 0) is 18.8 Å². The SMILES string of the molecule is O=C(O)C1CS(=O)(=O)CC(C2CCCCC2)N1. The van der Waals surface area contributed by atoms with Crippen LogP contribution in [-0.2, 0) is 14.6 Å². The molecule has 0 radical (unpaired) electrons. The highest BCUT2D eigenvalue weighted by Crippen LogP contribution is 2.28. The molecule has 2 N–H and O–H groups in total. The van der Waals surface area contributed by atoms with Gasteiger partial charge in [-0.3, -0.25) is 10.1 Å². The minimum atomic E-state index is -3.22. The van der Waals surface area contributed by atoms with Crippen LogP contribution >= 0.6 is 0 Å². The van der Waals surface area contributed by atoms with E-state index in [0.717, 1.165) is 25.7 Å². The molecule has 1 saturated carbocycles. The number of nitrogens with one attached hydrogen (secondary N) is 1. The molecule has 5 nitrogen and oxygen atoms in total. The number of carboxylic acid groups (broad SMARTS) is 1. The summed E-state index contributed by atoms with van der Waals surface area (Å²) in [6.45, 7) is 0. The molecule has 0 aromatic heterocycles. The van der Waals surface area contributed by atoms with Gasteiger partial charge in [-0.2, -0.15) is 0 Å². The first-order valence-corrected chi connectivity index (χ1v) is 7.99. The minimum absolute atomic E-state index is 0.0987. The van der Waals surface area contributed by atoms with Crippen LogP contribution in [0.1, 0.15) is 32.1 Å². The molecule has 1 saturated heterocycles. The van der Waals surface area contributed by atoms with Gasteiger partial charge in [0.2, 0.25) is 0 Å². The zero-order valence-electron chi connectivity index (χ0n) is 9.76. The third-order valence-electron chi connectivity index (χ3n) is 3.79. The van der Waals surface area contributed by atoms with E-state index in [-0.39, 0.29) is 17.5 Å². The highest BCUT2D eigenvalue weighted by Gasteiger charge is 2.38. The lowest BCUT2D eigenvalue weighted by atomic mass is 9.84. The smallest absolute Gasteiger partial charge is 0.321 e. The van der Waals surface area contributed by atoms with Gasteiger partial charge in [-0.1, -0.05) is 19.3 Å². The topological polar surface area (TPSA) is 83.5 Å². The van der Waals surface area contributed by atoms with Crippen LogP contribution in [0.5, 0.6) is 0 Å². The van der Waals surface area contributed by atoms with Gasteiger partial charge in [0.25, 0.3) is 0 Å². The van der Waals surface area contributed by atoms with E-state index in [1.807, 2.05) is 0 Å². The summed E-state index contributed by atoms with van der Waals surface area (Å²) in [5.41, 5.74) is 0. The van der Waals surface area contributed by atoms with Crippen LogP contribution in [-0.4, -0.2) is 43.1 Å². The zero-order chi connectivity index (χ0) is 12.5. The first-order chi connectivity index (χ1) is 7.98. The molecule has 98 valence electrons. The Balaban J connectivity index is 2.08. The summed E-state index contributed by atoms with van der Waals surface area (Å²) in [4.78, 5) is 10.9. The molecule has 6 heteroatoms. The Morgan fingerprint density at radius 3 is 2.35 bits per heavy atom. The zero-order valence-corrected chi connectivity index (χ0v) is 10.6. The van der Waals surface area contributed by atoms with Crippen molar-refractivity contribution in [3.05, 3.63) is 0 Å². The molecule has 2 aliphatic rings. The molecule has 1 aliphatic heterocycles. The molecular formula is C11H19NO4S. The average molecular weight is 261 g/mol. The van der Waals surface area contributed by atoms with Gasteiger partial charge >= 0.3 is 5.97 Å². The Bertz CT molecular complexity index is 386. The standard InChI is InChI=1S/C11H19NO4S/c13-11(14)10-7-17(15,16)6-9(12-10)8-4-2-1-3-5-8/h8-10,12H,1-7H2,(H,13,14). The van der Waals surface area contributed by atoms with E-state index in [2.05, 4.69) is 5.32 Å². The molecule has 1 aliphatic carbocycles. The van der Waals surface area contributed by atoms with E-state index < -0.39 is 21.8 Å². The van der Waals surface area contributed by atoms with Gasteiger partial charge < -0.3 is 5.11 Å². The van der Waals surface area contributed by atoms with Gasteiger partial charge in [0.05, 0.1) is 11.5 Å². The second-order valence-electron chi connectivity index (χ2n) is 5.14. The van der Waals surface area contributed by atoms with Gasteiger partial charge in [0.15, 0.2) is 9.84 Å². The second-order valence-corrected chi connectivity index (χ2v) is 7.29. The third-order valence-corrected chi connectivity index (χ3v) is 5.49. The molecule has 0 spiro atoms. The predicted octanol–water partition coefficient (Wildman–Crippen LogP) is 0.406. The molecule has 0 aromatic carbocycles. The lowest BCUT2D eigenvalue weighted by Gasteiger charge is -2.36. The van der Waals surface area contributed by atoms with Crippen LogP contribution in [0.2, 0.25) is 0 Å². The van der Waals surface area contributed by atoms with E-state index in [4.69, 9.17) is 5.11 Å². The number of carbonyl (C=O) groups is 1. The van der Waals surface area contributed by atoms with E-state index in [0.29, 0.717) is 5.92 Å². The van der Waals surface area contributed by atoms with Crippen LogP contribution in [0.25, 0.3) is 0 Å². The van der Waals surface area contributed by atoms with Crippen molar-refractivity contribution < 1.29 is 18.3 Å². The molecule has 2 atom stereocenters. The van der Waals surface area contributed by atoms with Gasteiger partial charge in [0, 0.05) is 6.04 Å². The summed E-state index contributed by atoms with van der Waals surface area (Å²) in [5, 5.41) is 12.0. The quantitative estimate of drug-likeness (QED) is 0.752. The summed E-state index contributed by atoms with van der Waals surface area (Å²) in [7, 11) is -3.22. The van der Waals surface area contributed by atoms with E-state index >= 15 is 0 Å². The number of rotatable bonds is 2. The van der Waals surface area contributed by atoms with Crippen molar-refractivity contribution in [3.8, 4) is 0 Å². The molecule has 2 rings (SSSR count). The average Bonchev–Trinajstić information content (AvgIpc) is 2.28. The van der Waals surface area contributed by atoms with Crippen molar-refractivity contribution >= 4 is 15.8 Å². The number of carboxylic acids is 1. The minimum Gasteiger partial charge on any atom is -0.480 e. The van der Waals surface area contributed by atoms with E-state index in [1.54, 1.807) is 0 Å². The summed E-state index contributed by atoms with van der Waals surface area (Å²) < 4.78 is 23.4. The van der Waals surface area contributed by atoms with E-state index in [9.17, 15) is 13.2 Å². The maximum atomic E-state index is 11.7. The molecule has 0 amide bonds. The van der Waals surface area contributed by atoms with Gasteiger partial charge in [-0.25, -0.2) is 8.42 Å². The second kappa shape index (κ2) is 4.94. The fourth-order valence-electron chi connectivity index (χ4n) is 2.90. The van der Waals surface area contributed by atoms with Crippen molar-refractivity contribution in [1.82, 2.24) is 5.32 Å². The van der Waals surface area contributed by atoms with Crippen LogP contribution in [0.4, 0.5) is 0 Å². The molecule has 0 aromatic rings. The van der Waals surface area contributed by atoms with Crippen molar-refractivity contribution in [2.45, 2.75) is 44.2 Å². The van der Waals surface area contributed by atoms with Crippen molar-refractivity contribution in [2.24, 2.45) is 5.92 Å². The molecule has 1 heterocycles. The number of hydrogen-bond donors (Lipinski definition) is 2. The Labute approximate surface area is 102 Å². The van der Waals surface area contributed by atoms with Crippen LogP contribution in [0, 0.1) is 5.92 Å². The number of hydrogen-bond acceptors (Lipinski definition) is 4. The Hall–Kier alpha value is -0.620. The fraction of sp³-hybridized carbons (Fsp3) is 0.909. The third kappa shape index (κ3) is 3.19. The van der Waals surface area contributed by atoms with Crippen molar-refractivity contribution in [2.75, 3.05) is 11.5 Å². The van der Waals surface area contributed by atoms with Crippen molar-refractivity contribution in [1.29, 1.82) is 0 Å². The fourth-order valence-corrected chi connectivity index (χ4v) is 4.70. The van der Waals surface area contributed by atoms with Gasteiger partial charge in [-0.15, -0.1) is 0 Å². The molecule has 2 unspecified atom stereocenters. The summed E-state index contributed by atoms with van der Waals surface area (Å²) in [5.74, 6) is -0.915. The predicted molar refractivity (Wildman–Crippen MR) is 63.6 cm³/mol. The van der Waals surface area contributed by atoms with Crippen molar-refractivity contribution in [3.63, 3.8) is 0 Å². The highest BCUT2D eigenvalue weighted by atomic mass is 32.2. The monoisotopic (exact) mass is 261 g/mol. The maximum Gasteiger partial charge on any atom is 0.321 e. The first-order valence-electron chi connectivity index (χ1n) is 6.17. The van der Waals surface area contributed by atoms with Gasteiger partial charge in [0.1, 0.15) is 6.04 Å². The lowest BCUT2D eigenvalue weighted by molar-refractivity contribution is -0.139. The first kappa shape index (κ1) is 12.8. The summed E-state index contributed by atoms with van der Waals surface area (Å²) in [6.07, 6.45) is 5.48. The summed E-state index contributed by atoms with van der Waals surface area (Å²) in [6, 6.07) is -1.10.